The number of nitrogens with one attached hydrogen (secondary N) is 2. The molecule has 6 nitrogen and oxygen atoms in total. The summed E-state index contributed by atoms with van der Waals surface area (Å²) in [6.45, 7) is 5.87. The molecule has 6 heteroatoms. The number of methoxy groups -OCH3 is 3. The van der Waals surface area contributed by atoms with Gasteiger partial charge in [-0.2, -0.15) is 0 Å². The predicted octanol–water partition coefficient (Wildman–Crippen LogP) is 2.42. The van der Waals surface area contributed by atoms with E-state index >= 15 is 0 Å². The molecule has 0 bridgehead atoms. The minimum atomic E-state index is 0.574. The van der Waals surface area contributed by atoms with Gasteiger partial charge in [0, 0.05) is 31.8 Å². The number of rotatable bonds is 8. The summed E-state index contributed by atoms with van der Waals surface area (Å²) in [7, 11) is 6.63. The van der Waals surface area contributed by atoms with Crippen LogP contribution in [0.2, 0.25) is 0 Å². The van der Waals surface area contributed by atoms with Crippen LogP contribution >= 0.6 is 0 Å². The molecule has 0 spiro atoms. The molecular weight excluding hydrogens is 294 g/mol. The van der Waals surface area contributed by atoms with Crippen molar-refractivity contribution in [2.45, 2.75) is 26.8 Å². The Bertz CT molecular complexity index is 516. The first-order valence-electron chi connectivity index (χ1n) is 7.79. The van der Waals surface area contributed by atoms with E-state index < -0.39 is 0 Å². The van der Waals surface area contributed by atoms with Gasteiger partial charge in [0.15, 0.2) is 17.5 Å². The van der Waals surface area contributed by atoms with Crippen LogP contribution in [0.25, 0.3) is 0 Å². The Kier molecular flexibility index (Phi) is 8.08. The van der Waals surface area contributed by atoms with Crippen LogP contribution in [0.4, 0.5) is 0 Å². The first kappa shape index (κ1) is 18.9. The lowest BCUT2D eigenvalue weighted by atomic mass is 10.1. The van der Waals surface area contributed by atoms with Crippen LogP contribution in [-0.2, 0) is 6.54 Å². The van der Waals surface area contributed by atoms with Crippen molar-refractivity contribution in [3.63, 3.8) is 0 Å². The van der Waals surface area contributed by atoms with Crippen LogP contribution < -0.4 is 24.8 Å². The fourth-order valence-corrected chi connectivity index (χ4v) is 2.11. The van der Waals surface area contributed by atoms with Crippen LogP contribution in [-0.4, -0.2) is 40.9 Å². The Morgan fingerprint density at radius 3 is 2.13 bits per heavy atom. The van der Waals surface area contributed by atoms with Gasteiger partial charge in [0.25, 0.3) is 0 Å². The molecule has 0 radical (unpaired) electrons. The minimum Gasteiger partial charge on any atom is -0.496 e. The molecule has 0 saturated carbocycles. The normalized spacial score (nSPS) is 11.3. The van der Waals surface area contributed by atoms with Gasteiger partial charge in [-0.25, -0.2) is 0 Å². The second-order valence-corrected chi connectivity index (χ2v) is 5.55. The number of benzene rings is 1. The highest BCUT2D eigenvalue weighted by atomic mass is 16.5. The van der Waals surface area contributed by atoms with Gasteiger partial charge >= 0.3 is 0 Å². The lowest BCUT2D eigenvalue weighted by Gasteiger charge is -2.16. The predicted molar refractivity (Wildman–Crippen MR) is 93.8 cm³/mol. The zero-order chi connectivity index (χ0) is 17.2. The molecular formula is C17H29N3O3. The zero-order valence-electron chi connectivity index (χ0n) is 15.0. The van der Waals surface area contributed by atoms with Crippen molar-refractivity contribution >= 4 is 5.96 Å². The average Bonchev–Trinajstić information content (AvgIpc) is 2.56. The van der Waals surface area contributed by atoms with Crippen LogP contribution in [0.3, 0.4) is 0 Å². The largest absolute Gasteiger partial charge is 0.496 e. The fraction of sp³-hybridized carbons (Fsp3) is 0.588. The van der Waals surface area contributed by atoms with Gasteiger partial charge in [-0.1, -0.05) is 13.8 Å². The second kappa shape index (κ2) is 9.82. The summed E-state index contributed by atoms with van der Waals surface area (Å²) in [5.74, 6) is 3.49. The smallest absolute Gasteiger partial charge is 0.191 e. The van der Waals surface area contributed by atoms with Crippen molar-refractivity contribution in [1.29, 1.82) is 0 Å². The summed E-state index contributed by atoms with van der Waals surface area (Å²) in [6, 6.07) is 3.73. The van der Waals surface area contributed by atoms with Crippen molar-refractivity contribution in [3.8, 4) is 17.2 Å². The standard InChI is InChI=1S/C17H29N3O3/c1-12(2)7-8-19-17(18-3)20-11-13-9-15(22-5)16(23-6)10-14(13)21-4/h9-10,12H,7-8,11H2,1-6H3,(H2,18,19,20). The summed E-state index contributed by atoms with van der Waals surface area (Å²) in [5, 5.41) is 6.59. The Hall–Kier alpha value is -2.11. The van der Waals surface area contributed by atoms with E-state index in [-0.39, 0.29) is 0 Å². The van der Waals surface area contributed by atoms with Crippen LogP contribution in [0.1, 0.15) is 25.8 Å². The molecule has 0 atom stereocenters. The zero-order valence-corrected chi connectivity index (χ0v) is 15.0. The highest BCUT2D eigenvalue weighted by Crippen LogP contribution is 2.34. The third kappa shape index (κ3) is 5.88. The van der Waals surface area contributed by atoms with Gasteiger partial charge in [-0.3, -0.25) is 4.99 Å². The Morgan fingerprint density at radius 1 is 1.00 bits per heavy atom. The number of aliphatic imine (C=N–C) groups is 1. The molecule has 130 valence electrons. The lowest BCUT2D eigenvalue weighted by molar-refractivity contribution is 0.347. The summed E-state index contributed by atoms with van der Waals surface area (Å²) < 4.78 is 16.1. The average molecular weight is 323 g/mol. The topological polar surface area (TPSA) is 64.1 Å². The molecule has 2 N–H and O–H groups in total. The number of hydrogen-bond donors (Lipinski definition) is 2. The molecule has 1 rings (SSSR count). The number of ether oxygens (including phenoxy) is 3. The van der Waals surface area contributed by atoms with E-state index in [1.165, 1.54) is 0 Å². The monoisotopic (exact) mass is 323 g/mol. The van der Waals surface area contributed by atoms with E-state index in [9.17, 15) is 0 Å². The molecule has 0 heterocycles. The number of hydrogen-bond acceptors (Lipinski definition) is 4. The number of nitrogens with zero attached hydrogens (tertiary/aromatic N) is 1. The molecule has 1 aromatic rings. The summed E-state index contributed by atoms with van der Waals surface area (Å²) in [4.78, 5) is 4.23. The quantitative estimate of drug-likeness (QED) is 0.568. The Labute approximate surface area is 139 Å². The summed E-state index contributed by atoms with van der Waals surface area (Å²) in [5.41, 5.74) is 0.969. The van der Waals surface area contributed by atoms with E-state index in [0.29, 0.717) is 24.0 Å². The third-order valence-electron chi connectivity index (χ3n) is 3.47. The van der Waals surface area contributed by atoms with E-state index in [4.69, 9.17) is 14.2 Å². The molecule has 0 amide bonds. The molecule has 0 aliphatic heterocycles. The van der Waals surface area contributed by atoms with E-state index in [0.717, 1.165) is 30.2 Å². The minimum absolute atomic E-state index is 0.574. The van der Waals surface area contributed by atoms with Crippen molar-refractivity contribution < 1.29 is 14.2 Å². The highest BCUT2D eigenvalue weighted by molar-refractivity contribution is 5.79. The third-order valence-corrected chi connectivity index (χ3v) is 3.47. The summed E-state index contributed by atoms with van der Waals surface area (Å²) in [6.07, 6.45) is 1.10. The van der Waals surface area contributed by atoms with Crippen LogP contribution in [0.15, 0.2) is 17.1 Å². The first-order chi connectivity index (χ1) is 11.0. The number of guanidine groups is 1. The van der Waals surface area contributed by atoms with E-state index in [1.807, 2.05) is 12.1 Å². The molecule has 0 fully saturated rings. The van der Waals surface area contributed by atoms with E-state index in [2.05, 4.69) is 29.5 Å². The molecule has 0 aliphatic rings. The Morgan fingerprint density at radius 2 is 1.61 bits per heavy atom. The first-order valence-corrected chi connectivity index (χ1v) is 7.79. The van der Waals surface area contributed by atoms with Crippen molar-refractivity contribution in [2.24, 2.45) is 10.9 Å². The molecule has 0 aromatic heterocycles. The maximum Gasteiger partial charge on any atom is 0.191 e. The van der Waals surface area contributed by atoms with Gasteiger partial charge in [0.1, 0.15) is 5.75 Å². The van der Waals surface area contributed by atoms with Crippen LogP contribution in [0, 0.1) is 5.92 Å². The molecule has 0 unspecified atom stereocenters. The molecule has 23 heavy (non-hydrogen) atoms. The second-order valence-electron chi connectivity index (χ2n) is 5.55. The molecule has 0 aliphatic carbocycles. The van der Waals surface area contributed by atoms with Crippen molar-refractivity contribution in [3.05, 3.63) is 17.7 Å². The van der Waals surface area contributed by atoms with Crippen molar-refractivity contribution in [2.75, 3.05) is 34.9 Å². The maximum atomic E-state index is 5.43. The maximum absolute atomic E-state index is 5.43. The van der Waals surface area contributed by atoms with Gasteiger partial charge in [0.05, 0.1) is 21.3 Å². The lowest BCUT2D eigenvalue weighted by Crippen LogP contribution is -2.37. The van der Waals surface area contributed by atoms with Gasteiger partial charge < -0.3 is 24.8 Å². The fourth-order valence-electron chi connectivity index (χ4n) is 2.11. The van der Waals surface area contributed by atoms with Gasteiger partial charge in [-0.05, 0) is 18.4 Å². The summed E-state index contributed by atoms with van der Waals surface area (Å²) >= 11 is 0. The molecule has 1 aromatic carbocycles. The van der Waals surface area contributed by atoms with E-state index in [1.54, 1.807) is 28.4 Å². The van der Waals surface area contributed by atoms with Gasteiger partial charge in [-0.15, -0.1) is 0 Å². The molecule has 0 saturated heterocycles. The Balaban J connectivity index is 2.75. The SMILES string of the molecule is CN=C(NCCC(C)C)NCc1cc(OC)c(OC)cc1OC. The van der Waals surface area contributed by atoms with Crippen LogP contribution in [0.5, 0.6) is 17.2 Å². The van der Waals surface area contributed by atoms with Gasteiger partial charge in [0.2, 0.25) is 0 Å². The highest BCUT2D eigenvalue weighted by Gasteiger charge is 2.12. The van der Waals surface area contributed by atoms with Crippen molar-refractivity contribution in [1.82, 2.24) is 10.6 Å².